The van der Waals surface area contributed by atoms with E-state index in [4.69, 9.17) is 5.73 Å². The van der Waals surface area contributed by atoms with Crippen molar-refractivity contribution in [2.45, 2.75) is 6.42 Å². The minimum atomic E-state index is 0.691. The topological polar surface area (TPSA) is 56.7 Å². The average molecular weight is 238 g/mol. The van der Waals surface area contributed by atoms with Crippen molar-refractivity contribution in [3.63, 3.8) is 0 Å². The van der Waals surface area contributed by atoms with Gasteiger partial charge in [0.1, 0.15) is 5.82 Å². The number of benzene rings is 1. The van der Waals surface area contributed by atoms with Gasteiger partial charge in [-0.3, -0.25) is 4.98 Å². The van der Waals surface area contributed by atoms with Gasteiger partial charge in [0.2, 0.25) is 0 Å². The molecule has 0 aliphatic carbocycles. The molecule has 2 aromatic heterocycles. The molecule has 0 fully saturated rings. The predicted molar refractivity (Wildman–Crippen MR) is 72.2 cm³/mol. The summed E-state index contributed by atoms with van der Waals surface area (Å²) in [6.45, 7) is 0. The van der Waals surface area contributed by atoms with Crippen LogP contribution >= 0.6 is 0 Å². The van der Waals surface area contributed by atoms with E-state index >= 15 is 0 Å². The summed E-state index contributed by atoms with van der Waals surface area (Å²) in [7, 11) is 2.02. The van der Waals surface area contributed by atoms with E-state index in [0.29, 0.717) is 6.42 Å². The molecule has 2 N–H and O–H groups in total. The normalized spacial score (nSPS) is 10.9. The van der Waals surface area contributed by atoms with Gasteiger partial charge in [0.25, 0.3) is 0 Å². The van der Waals surface area contributed by atoms with Gasteiger partial charge in [0.05, 0.1) is 11.0 Å². The molecule has 0 radical (unpaired) electrons. The first-order valence-electron chi connectivity index (χ1n) is 5.85. The van der Waals surface area contributed by atoms with E-state index in [1.807, 2.05) is 31.3 Å². The molecule has 0 unspecified atom stereocenters. The number of nitrogens with zero attached hydrogens (tertiary/aromatic N) is 3. The number of hydrogen-bond acceptors (Lipinski definition) is 3. The third-order valence-corrected chi connectivity index (χ3v) is 3.06. The number of hydrogen-bond donors (Lipinski definition) is 1. The number of aromatic nitrogens is 3. The number of nitrogens with two attached hydrogens (primary N) is 1. The molecule has 0 aliphatic heterocycles. The second-order valence-electron chi connectivity index (χ2n) is 4.33. The maximum Gasteiger partial charge on any atom is 0.115 e. The highest BCUT2D eigenvalue weighted by molar-refractivity contribution is 5.75. The molecule has 0 amide bonds. The van der Waals surface area contributed by atoms with Gasteiger partial charge < -0.3 is 10.3 Å². The fraction of sp³-hybridized carbons (Fsp3) is 0.143. The van der Waals surface area contributed by atoms with E-state index in [1.54, 1.807) is 12.3 Å². The Balaban J connectivity index is 2.02. The quantitative estimate of drug-likeness (QED) is 0.744. The Kier molecular flexibility index (Phi) is 2.48. The lowest BCUT2D eigenvalue weighted by molar-refractivity contribution is 0.832. The zero-order valence-corrected chi connectivity index (χ0v) is 10.2. The Morgan fingerprint density at radius 3 is 2.83 bits per heavy atom. The largest absolute Gasteiger partial charge is 0.399 e. The molecule has 4 nitrogen and oxygen atoms in total. The van der Waals surface area contributed by atoms with Crippen molar-refractivity contribution in [1.82, 2.24) is 14.5 Å². The minimum absolute atomic E-state index is 0.691. The van der Waals surface area contributed by atoms with Crippen LogP contribution in [0.1, 0.15) is 11.5 Å². The molecule has 2 heterocycles. The van der Waals surface area contributed by atoms with Crippen molar-refractivity contribution < 1.29 is 0 Å². The van der Waals surface area contributed by atoms with Crippen molar-refractivity contribution in [3.05, 3.63) is 54.1 Å². The van der Waals surface area contributed by atoms with Crippen LogP contribution in [0.25, 0.3) is 11.0 Å². The van der Waals surface area contributed by atoms with E-state index in [9.17, 15) is 0 Å². The lowest BCUT2D eigenvalue weighted by Crippen LogP contribution is -2.01. The van der Waals surface area contributed by atoms with Crippen LogP contribution in [0.15, 0.2) is 42.6 Å². The zero-order valence-electron chi connectivity index (χ0n) is 10.2. The Hall–Kier alpha value is -2.36. The lowest BCUT2D eigenvalue weighted by Gasteiger charge is -2.02. The number of pyridine rings is 1. The van der Waals surface area contributed by atoms with Gasteiger partial charge in [-0.2, -0.15) is 0 Å². The maximum atomic E-state index is 5.76. The summed E-state index contributed by atoms with van der Waals surface area (Å²) in [5, 5.41) is 0. The van der Waals surface area contributed by atoms with Crippen molar-refractivity contribution in [2.75, 3.05) is 5.73 Å². The molecule has 3 rings (SSSR count). The van der Waals surface area contributed by atoms with Crippen LogP contribution in [-0.4, -0.2) is 14.5 Å². The fourth-order valence-corrected chi connectivity index (χ4v) is 2.11. The van der Waals surface area contributed by atoms with E-state index in [0.717, 1.165) is 28.2 Å². The van der Waals surface area contributed by atoms with Gasteiger partial charge in [-0.1, -0.05) is 12.1 Å². The second-order valence-corrected chi connectivity index (χ2v) is 4.33. The molecule has 4 heteroatoms. The van der Waals surface area contributed by atoms with Crippen molar-refractivity contribution in [2.24, 2.45) is 7.05 Å². The van der Waals surface area contributed by atoms with Crippen LogP contribution in [0.2, 0.25) is 0 Å². The van der Waals surface area contributed by atoms with Crippen LogP contribution in [0.3, 0.4) is 0 Å². The molecule has 1 aromatic carbocycles. The first-order valence-corrected chi connectivity index (χ1v) is 5.85. The summed E-state index contributed by atoms with van der Waals surface area (Å²) >= 11 is 0. The highest BCUT2D eigenvalue weighted by Gasteiger charge is 2.08. The average Bonchev–Trinajstić information content (AvgIpc) is 2.67. The maximum absolute atomic E-state index is 5.76. The van der Waals surface area contributed by atoms with Gasteiger partial charge >= 0.3 is 0 Å². The summed E-state index contributed by atoms with van der Waals surface area (Å²) in [6.07, 6.45) is 2.42. The summed E-state index contributed by atoms with van der Waals surface area (Å²) in [6, 6.07) is 11.8. The molecule has 0 bridgehead atoms. The standard InChI is InChI=1S/C14H14N4/c1-18-13-5-3-2-4-12(13)17-14(18)9-11-8-10(15)6-7-16-11/h2-8H,9H2,1H3,(H2,15,16). The fourth-order valence-electron chi connectivity index (χ4n) is 2.11. The second kappa shape index (κ2) is 4.14. The van der Waals surface area contributed by atoms with Crippen molar-refractivity contribution in [1.29, 1.82) is 0 Å². The minimum Gasteiger partial charge on any atom is -0.399 e. The van der Waals surface area contributed by atoms with Gasteiger partial charge in [-0.05, 0) is 24.3 Å². The van der Waals surface area contributed by atoms with Crippen LogP contribution in [0, 0.1) is 0 Å². The van der Waals surface area contributed by atoms with E-state index in [1.165, 1.54) is 0 Å². The molecule has 18 heavy (non-hydrogen) atoms. The monoisotopic (exact) mass is 238 g/mol. The number of rotatable bonds is 2. The summed E-state index contributed by atoms with van der Waals surface area (Å²) in [5.74, 6) is 0.995. The summed E-state index contributed by atoms with van der Waals surface area (Å²) in [5.41, 5.74) is 9.58. The van der Waals surface area contributed by atoms with E-state index < -0.39 is 0 Å². The molecular weight excluding hydrogens is 224 g/mol. The van der Waals surface area contributed by atoms with E-state index in [2.05, 4.69) is 20.6 Å². The highest BCUT2D eigenvalue weighted by atomic mass is 15.1. The Morgan fingerprint density at radius 1 is 1.22 bits per heavy atom. The van der Waals surface area contributed by atoms with E-state index in [-0.39, 0.29) is 0 Å². The Bertz CT molecular complexity index is 700. The Labute approximate surface area is 105 Å². The third kappa shape index (κ3) is 1.82. The molecule has 0 saturated heterocycles. The smallest absolute Gasteiger partial charge is 0.115 e. The third-order valence-electron chi connectivity index (χ3n) is 3.06. The number of fused-ring (bicyclic) bond motifs is 1. The summed E-state index contributed by atoms with van der Waals surface area (Å²) < 4.78 is 2.10. The van der Waals surface area contributed by atoms with Crippen molar-refractivity contribution in [3.8, 4) is 0 Å². The number of imidazole rings is 1. The van der Waals surface area contributed by atoms with Gasteiger partial charge in [-0.25, -0.2) is 4.98 Å². The molecule has 0 spiro atoms. The van der Waals surface area contributed by atoms with Crippen LogP contribution < -0.4 is 5.73 Å². The highest BCUT2D eigenvalue weighted by Crippen LogP contribution is 2.16. The zero-order chi connectivity index (χ0) is 12.5. The lowest BCUT2D eigenvalue weighted by atomic mass is 10.2. The van der Waals surface area contributed by atoms with Gasteiger partial charge in [0.15, 0.2) is 0 Å². The first-order chi connectivity index (χ1) is 8.74. The van der Waals surface area contributed by atoms with Crippen LogP contribution in [0.5, 0.6) is 0 Å². The molecular formula is C14H14N4. The Morgan fingerprint density at radius 2 is 2.06 bits per heavy atom. The number of anilines is 1. The molecule has 0 saturated carbocycles. The first kappa shape index (κ1) is 10.8. The molecule has 3 aromatic rings. The number of para-hydroxylation sites is 2. The summed E-state index contributed by atoms with van der Waals surface area (Å²) in [4.78, 5) is 8.93. The predicted octanol–water partition coefficient (Wildman–Crippen LogP) is 2.14. The number of nitrogen functional groups attached to an aromatic ring is 1. The van der Waals surface area contributed by atoms with Crippen LogP contribution in [0.4, 0.5) is 5.69 Å². The van der Waals surface area contributed by atoms with Crippen molar-refractivity contribution >= 4 is 16.7 Å². The van der Waals surface area contributed by atoms with Gasteiger partial charge in [0, 0.05) is 31.0 Å². The SMILES string of the molecule is Cn1c(Cc2cc(N)ccn2)nc2ccccc21. The molecule has 0 atom stereocenters. The molecule has 0 aliphatic rings. The number of aryl methyl sites for hydroxylation is 1. The van der Waals surface area contributed by atoms with Gasteiger partial charge in [-0.15, -0.1) is 0 Å². The van der Waals surface area contributed by atoms with Crippen LogP contribution in [-0.2, 0) is 13.5 Å². The molecule has 90 valence electrons.